The maximum Gasteiger partial charge on any atom is 0.0702 e. The average molecular weight is 881 g/mol. The molecule has 0 aliphatic heterocycles. The predicted octanol–water partition coefficient (Wildman–Crippen LogP) is 17.6. The third-order valence-electron chi connectivity index (χ3n) is 13.8. The van der Waals surface area contributed by atoms with Gasteiger partial charge in [0.05, 0.1) is 16.4 Å². The molecule has 0 unspecified atom stereocenters. The Morgan fingerprint density at radius 3 is 1.19 bits per heavy atom. The molecule has 0 fully saturated rings. The summed E-state index contributed by atoms with van der Waals surface area (Å²) in [5.41, 5.74) is 18.0. The molecule has 0 saturated heterocycles. The molecule has 326 valence electrons. The van der Waals surface area contributed by atoms with Gasteiger partial charge in [0, 0.05) is 33.5 Å². The Labute approximate surface area is 404 Å². The van der Waals surface area contributed by atoms with Gasteiger partial charge in [-0.15, -0.1) is 0 Å². The highest BCUT2D eigenvalue weighted by Gasteiger charge is 2.38. The van der Waals surface area contributed by atoms with Crippen LogP contribution in [-0.2, 0) is 5.41 Å². The molecule has 0 atom stereocenters. The number of rotatable bonds is 11. The van der Waals surface area contributed by atoms with E-state index in [4.69, 9.17) is 0 Å². The maximum absolute atomic E-state index is 2.40. The van der Waals surface area contributed by atoms with E-state index in [9.17, 15) is 0 Å². The van der Waals surface area contributed by atoms with Crippen LogP contribution in [0.25, 0.3) is 60.9 Å². The van der Waals surface area contributed by atoms with Crippen LogP contribution in [-0.4, -0.2) is 4.57 Å². The summed E-state index contributed by atoms with van der Waals surface area (Å²) in [4.78, 5) is 2.40. The van der Waals surface area contributed by atoms with Crippen molar-refractivity contribution in [3.8, 4) is 39.1 Å². The Hall–Kier alpha value is -8.98. The summed E-state index contributed by atoms with van der Waals surface area (Å²) in [6.07, 6.45) is 0. The van der Waals surface area contributed by atoms with Crippen LogP contribution in [0.5, 0.6) is 0 Å². The summed E-state index contributed by atoms with van der Waals surface area (Å²) in [6, 6.07) is 106. The van der Waals surface area contributed by atoms with E-state index in [-0.39, 0.29) is 0 Å². The van der Waals surface area contributed by atoms with E-state index in [1.165, 1.54) is 71.9 Å². The standard InChI is InChI=1S/C67H48N2/c1-6-21-49(22-7-1)50-37-41-57(42-38-50)68(59-32-20-31-56(47-59)67(53-25-10-3-11-26-53,54-27-12-4-13-28-54)55-29-14-5-15-30-55)58-43-39-52(40-44-58)61-46-45-60(48-64(61)51-23-8-2-9-24-51)69-65-35-18-16-33-62(65)63-34-17-19-36-66(63)69/h1-48H. The number of fused-ring (bicyclic) bond motifs is 3. The first-order chi connectivity index (χ1) is 34.2. The summed E-state index contributed by atoms with van der Waals surface area (Å²) < 4.78 is 2.40. The first-order valence-corrected chi connectivity index (χ1v) is 23.8. The van der Waals surface area contributed by atoms with Crippen LogP contribution < -0.4 is 4.90 Å². The van der Waals surface area contributed by atoms with Gasteiger partial charge in [0.15, 0.2) is 0 Å². The average Bonchev–Trinajstić information content (AvgIpc) is 3.77. The SMILES string of the molecule is c1ccc(-c2ccc(N(c3ccc(-c4ccc(-n5c6ccccc6c6ccccc65)cc4-c4ccccc4)cc3)c3cccc(C(c4ccccc4)(c4ccccc4)c4ccccc4)c3)cc2)cc1. The van der Waals surface area contributed by atoms with E-state index in [2.05, 4.69) is 301 Å². The molecule has 12 rings (SSSR count). The normalized spacial score (nSPS) is 11.5. The van der Waals surface area contributed by atoms with E-state index < -0.39 is 5.41 Å². The van der Waals surface area contributed by atoms with Crippen molar-refractivity contribution in [1.29, 1.82) is 0 Å². The predicted molar refractivity (Wildman–Crippen MR) is 290 cm³/mol. The molecule has 0 N–H and O–H groups in total. The second-order valence-corrected chi connectivity index (χ2v) is 17.7. The van der Waals surface area contributed by atoms with Gasteiger partial charge in [-0.05, 0) is 116 Å². The van der Waals surface area contributed by atoms with Crippen molar-refractivity contribution in [2.45, 2.75) is 5.41 Å². The quantitative estimate of drug-likeness (QED) is 0.118. The Morgan fingerprint density at radius 2 is 0.667 bits per heavy atom. The number of hydrogen-bond donors (Lipinski definition) is 0. The molecule has 0 spiro atoms. The zero-order valence-corrected chi connectivity index (χ0v) is 38.1. The molecule has 0 aliphatic carbocycles. The van der Waals surface area contributed by atoms with Crippen LogP contribution in [0.4, 0.5) is 17.1 Å². The highest BCUT2D eigenvalue weighted by molar-refractivity contribution is 6.09. The summed E-state index contributed by atoms with van der Waals surface area (Å²) in [6.45, 7) is 0. The van der Waals surface area contributed by atoms with E-state index in [1.807, 2.05) is 0 Å². The topological polar surface area (TPSA) is 8.17 Å². The van der Waals surface area contributed by atoms with Crippen molar-refractivity contribution in [1.82, 2.24) is 4.57 Å². The highest BCUT2D eigenvalue weighted by Crippen LogP contribution is 2.48. The van der Waals surface area contributed by atoms with Crippen molar-refractivity contribution in [2.24, 2.45) is 0 Å². The third kappa shape index (κ3) is 7.49. The third-order valence-corrected chi connectivity index (χ3v) is 13.8. The lowest BCUT2D eigenvalue weighted by atomic mass is 9.65. The molecule has 2 nitrogen and oxygen atoms in total. The Balaban J connectivity index is 1.01. The minimum atomic E-state index is -0.592. The van der Waals surface area contributed by atoms with Crippen LogP contribution in [0.15, 0.2) is 291 Å². The number of para-hydroxylation sites is 2. The second kappa shape index (κ2) is 18.0. The summed E-state index contributed by atoms with van der Waals surface area (Å²) in [5.74, 6) is 0. The molecule has 69 heavy (non-hydrogen) atoms. The fraction of sp³-hybridized carbons (Fsp3) is 0.0149. The largest absolute Gasteiger partial charge is 0.310 e. The molecule has 0 radical (unpaired) electrons. The van der Waals surface area contributed by atoms with Gasteiger partial charge in [0.1, 0.15) is 0 Å². The van der Waals surface area contributed by atoms with Crippen LogP contribution in [0.3, 0.4) is 0 Å². The van der Waals surface area contributed by atoms with Crippen LogP contribution >= 0.6 is 0 Å². The van der Waals surface area contributed by atoms with Gasteiger partial charge in [0.2, 0.25) is 0 Å². The van der Waals surface area contributed by atoms with Gasteiger partial charge in [-0.1, -0.05) is 231 Å². The zero-order chi connectivity index (χ0) is 46.0. The minimum Gasteiger partial charge on any atom is -0.310 e. The molecule has 1 heterocycles. The van der Waals surface area contributed by atoms with E-state index in [1.54, 1.807) is 0 Å². The monoisotopic (exact) mass is 880 g/mol. The van der Waals surface area contributed by atoms with E-state index in [0.29, 0.717) is 0 Å². The number of nitrogens with zero attached hydrogens (tertiary/aromatic N) is 2. The van der Waals surface area contributed by atoms with Gasteiger partial charge in [0.25, 0.3) is 0 Å². The maximum atomic E-state index is 2.40. The fourth-order valence-corrected chi connectivity index (χ4v) is 10.6. The van der Waals surface area contributed by atoms with Crippen molar-refractivity contribution in [2.75, 3.05) is 4.90 Å². The van der Waals surface area contributed by atoms with Crippen molar-refractivity contribution in [3.05, 3.63) is 313 Å². The van der Waals surface area contributed by atoms with E-state index in [0.717, 1.165) is 28.3 Å². The number of aromatic nitrogens is 1. The molecular formula is C67H48N2. The van der Waals surface area contributed by atoms with Gasteiger partial charge in [-0.3, -0.25) is 0 Å². The minimum absolute atomic E-state index is 0.592. The Bertz CT molecular complexity index is 3530. The smallest absolute Gasteiger partial charge is 0.0702 e. The summed E-state index contributed by atoms with van der Waals surface area (Å²) >= 11 is 0. The van der Waals surface area contributed by atoms with Crippen molar-refractivity contribution < 1.29 is 0 Å². The molecule has 12 aromatic rings. The highest BCUT2D eigenvalue weighted by atomic mass is 15.1. The fourth-order valence-electron chi connectivity index (χ4n) is 10.6. The molecule has 11 aromatic carbocycles. The molecule has 2 heteroatoms. The molecule has 0 bridgehead atoms. The lowest BCUT2D eigenvalue weighted by Crippen LogP contribution is -2.31. The van der Waals surface area contributed by atoms with Crippen molar-refractivity contribution >= 4 is 38.9 Å². The summed E-state index contributed by atoms with van der Waals surface area (Å²) in [7, 11) is 0. The van der Waals surface area contributed by atoms with Crippen LogP contribution in [0.1, 0.15) is 22.3 Å². The molecule has 1 aromatic heterocycles. The van der Waals surface area contributed by atoms with Gasteiger partial charge in [-0.25, -0.2) is 0 Å². The van der Waals surface area contributed by atoms with Crippen LogP contribution in [0, 0.1) is 0 Å². The molecular weight excluding hydrogens is 833 g/mol. The van der Waals surface area contributed by atoms with E-state index >= 15 is 0 Å². The molecule has 0 amide bonds. The second-order valence-electron chi connectivity index (χ2n) is 17.7. The Morgan fingerprint density at radius 1 is 0.261 bits per heavy atom. The summed E-state index contributed by atoms with van der Waals surface area (Å²) in [5, 5.41) is 2.51. The lowest BCUT2D eigenvalue weighted by Gasteiger charge is -2.37. The number of benzene rings is 11. The molecule has 0 saturated carbocycles. The lowest BCUT2D eigenvalue weighted by molar-refractivity contribution is 0.745. The molecule has 0 aliphatic rings. The van der Waals surface area contributed by atoms with Gasteiger partial charge in [-0.2, -0.15) is 0 Å². The first kappa shape index (κ1) is 41.5. The van der Waals surface area contributed by atoms with Gasteiger partial charge < -0.3 is 9.47 Å². The first-order valence-electron chi connectivity index (χ1n) is 23.8. The number of anilines is 3. The van der Waals surface area contributed by atoms with Crippen molar-refractivity contribution in [3.63, 3.8) is 0 Å². The van der Waals surface area contributed by atoms with Crippen LogP contribution in [0.2, 0.25) is 0 Å². The zero-order valence-electron chi connectivity index (χ0n) is 38.1. The van der Waals surface area contributed by atoms with Gasteiger partial charge >= 0.3 is 0 Å². The Kier molecular flexibility index (Phi) is 10.8. The number of hydrogen-bond acceptors (Lipinski definition) is 1.